The van der Waals surface area contributed by atoms with Crippen LogP contribution >= 0.6 is 0 Å². The predicted molar refractivity (Wildman–Crippen MR) is 99.4 cm³/mol. The summed E-state index contributed by atoms with van der Waals surface area (Å²) in [5.74, 6) is -0.222. The molecule has 0 aromatic carbocycles. The van der Waals surface area contributed by atoms with E-state index in [1.165, 1.54) is 0 Å². The fourth-order valence-electron chi connectivity index (χ4n) is 4.18. The number of amides is 2. The van der Waals surface area contributed by atoms with Crippen LogP contribution in [0.3, 0.4) is 0 Å². The van der Waals surface area contributed by atoms with Gasteiger partial charge in [-0.05, 0) is 58.6 Å². The van der Waals surface area contributed by atoms with Crippen LogP contribution in [0.5, 0.6) is 0 Å². The van der Waals surface area contributed by atoms with Gasteiger partial charge in [0.15, 0.2) is 5.58 Å². The van der Waals surface area contributed by atoms with Crippen molar-refractivity contribution in [2.75, 3.05) is 0 Å². The van der Waals surface area contributed by atoms with Crippen LogP contribution in [-0.4, -0.2) is 45.6 Å². The average molecular weight is 371 g/mol. The number of pyridine rings is 1. The van der Waals surface area contributed by atoms with Gasteiger partial charge in [0, 0.05) is 11.4 Å². The lowest BCUT2D eigenvalue weighted by Gasteiger charge is -2.36. The number of fused-ring (bicyclic) bond motifs is 3. The number of piperidine rings is 1. The molecule has 0 radical (unpaired) electrons. The quantitative estimate of drug-likeness (QED) is 0.873. The first-order chi connectivity index (χ1) is 12.8. The van der Waals surface area contributed by atoms with Crippen molar-refractivity contribution in [3.8, 4) is 0 Å². The summed E-state index contributed by atoms with van der Waals surface area (Å²) in [5.41, 5.74) is 0.477. The van der Waals surface area contributed by atoms with E-state index >= 15 is 0 Å². The second kappa shape index (κ2) is 6.55. The average Bonchev–Trinajstić information content (AvgIpc) is 3.14. The minimum atomic E-state index is -0.531. The van der Waals surface area contributed by atoms with E-state index in [1.807, 2.05) is 25.7 Å². The molecule has 1 N–H and O–H groups in total. The fraction of sp³-hybridized carbons (Fsp3) is 0.550. The van der Waals surface area contributed by atoms with Crippen molar-refractivity contribution in [1.29, 1.82) is 0 Å². The molecule has 2 aliphatic rings. The molecular weight excluding hydrogens is 346 g/mol. The Balaban J connectivity index is 1.49. The third-order valence-corrected chi connectivity index (χ3v) is 5.27. The van der Waals surface area contributed by atoms with Crippen LogP contribution in [0.4, 0.5) is 4.79 Å². The van der Waals surface area contributed by atoms with E-state index in [1.54, 1.807) is 24.6 Å². The minimum absolute atomic E-state index is 0.0276. The molecule has 4 heterocycles. The highest BCUT2D eigenvalue weighted by Gasteiger charge is 2.48. The van der Waals surface area contributed by atoms with E-state index in [-0.39, 0.29) is 30.1 Å². The van der Waals surface area contributed by atoms with Crippen molar-refractivity contribution in [2.24, 2.45) is 0 Å². The van der Waals surface area contributed by atoms with Gasteiger partial charge in [-0.2, -0.15) is 0 Å². The first-order valence-corrected chi connectivity index (χ1v) is 9.47. The van der Waals surface area contributed by atoms with Crippen molar-refractivity contribution in [3.05, 3.63) is 30.3 Å². The molecule has 0 saturated carbocycles. The molecule has 0 aliphatic carbocycles. The number of furan rings is 1. The molecule has 4 rings (SSSR count). The van der Waals surface area contributed by atoms with Gasteiger partial charge in [-0.3, -0.25) is 4.79 Å². The maximum atomic E-state index is 12.7. The second-order valence-electron chi connectivity index (χ2n) is 8.38. The Morgan fingerprint density at radius 3 is 2.93 bits per heavy atom. The molecule has 2 aromatic rings. The molecule has 27 heavy (non-hydrogen) atoms. The number of hydrogen-bond acceptors (Lipinski definition) is 5. The summed E-state index contributed by atoms with van der Waals surface area (Å²) in [6, 6.07) is 3.54. The Bertz CT molecular complexity index is 869. The van der Waals surface area contributed by atoms with E-state index < -0.39 is 5.60 Å². The molecule has 0 unspecified atom stereocenters. The third kappa shape index (κ3) is 3.50. The first kappa shape index (κ1) is 17.8. The van der Waals surface area contributed by atoms with Gasteiger partial charge in [-0.25, -0.2) is 9.78 Å². The zero-order chi connectivity index (χ0) is 19.2. The van der Waals surface area contributed by atoms with Crippen molar-refractivity contribution >= 4 is 23.0 Å². The monoisotopic (exact) mass is 371 g/mol. The highest BCUT2D eigenvalue weighted by molar-refractivity contribution is 5.95. The lowest BCUT2D eigenvalue weighted by molar-refractivity contribution is 0.00656. The van der Waals surface area contributed by atoms with Gasteiger partial charge in [0.25, 0.3) is 5.91 Å². The molecule has 0 spiro atoms. The fourth-order valence-corrected chi connectivity index (χ4v) is 4.18. The molecule has 7 nitrogen and oxygen atoms in total. The maximum Gasteiger partial charge on any atom is 0.410 e. The summed E-state index contributed by atoms with van der Waals surface area (Å²) < 4.78 is 10.9. The third-order valence-electron chi connectivity index (χ3n) is 5.27. The molecule has 2 bridgehead atoms. The van der Waals surface area contributed by atoms with E-state index in [0.29, 0.717) is 11.3 Å². The number of ether oxygens (including phenoxy) is 1. The van der Waals surface area contributed by atoms with Crippen LogP contribution in [0.1, 0.15) is 56.9 Å². The van der Waals surface area contributed by atoms with E-state index in [9.17, 15) is 9.59 Å². The molecule has 7 heteroatoms. The Morgan fingerprint density at radius 2 is 2.15 bits per heavy atom. The lowest BCUT2D eigenvalue weighted by Crippen LogP contribution is -2.51. The molecule has 2 aliphatic heterocycles. The van der Waals surface area contributed by atoms with Crippen LogP contribution in [-0.2, 0) is 4.74 Å². The van der Waals surface area contributed by atoms with Gasteiger partial charge in [0.2, 0.25) is 0 Å². The summed E-state index contributed by atoms with van der Waals surface area (Å²) in [5, 5.41) is 3.93. The standard InChI is InChI=1S/C20H25N3O4/c1-20(2,3)27-19(25)23-13-5-4-6-16(23)14(10-13)22-18(24)15-9-12-7-8-26-17(12)11-21-15/h7-9,11,13-14,16H,4-6,10H2,1-3H3,(H,22,24)/t13-,14-,16+/m1/s1. The maximum absolute atomic E-state index is 12.7. The van der Waals surface area contributed by atoms with Crippen LogP contribution < -0.4 is 5.32 Å². The summed E-state index contributed by atoms with van der Waals surface area (Å²) in [4.78, 5) is 31.4. The van der Waals surface area contributed by atoms with Crippen molar-refractivity contribution < 1.29 is 18.7 Å². The number of rotatable bonds is 2. The molecule has 2 aromatic heterocycles. The first-order valence-electron chi connectivity index (χ1n) is 9.47. The summed E-state index contributed by atoms with van der Waals surface area (Å²) in [6.07, 6.45) is 6.48. The van der Waals surface area contributed by atoms with Crippen LogP contribution in [0.2, 0.25) is 0 Å². The van der Waals surface area contributed by atoms with Gasteiger partial charge in [0.1, 0.15) is 11.3 Å². The number of carbonyl (C=O) groups is 2. The molecule has 2 fully saturated rings. The van der Waals surface area contributed by atoms with Gasteiger partial charge in [0.05, 0.1) is 24.5 Å². The summed E-state index contributed by atoms with van der Waals surface area (Å²) >= 11 is 0. The zero-order valence-electron chi connectivity index (χ0n) is 15.9. The number of nitrogens with one attached hydrogen (secondary N) is 1. The Morgan fingerprint density at radius 1 is 1.33 bits per heavy atom. The highest BCUT2D eigenvalue weighted by atomic mass is 16.6. The largest absolute Gasteiger partial charge is 0.463 e. The zero-order valence-corrected chi connectivity index (χ0v) is 15.9. The molecule has 3 atom stereocenters. The Labute approximate surface area is 158 Å². The van der Waals surface area contributed by atoms with Crippen LogP contribution in [0.15, 0.2) is 29.0 Å². The smallest absolute Gasteiger partial charge is 0.410 e. The summed E-state index contributed by atoms with van der Waals surface area (Å²) in [6.45, 7) is 5.61. The number of aromatic nitrogens is 1. The normalized spacial score (nSPS) is 24.9. The number of hydrogen-bond donors (Lipinski definition) is 1. The second-order valence-corrected chi connectivity index (χ2v) is 8.38. The predicted octanol–water partition coefficient (Wildman–Crippen LogP) is 3.49. The van der Waals surface area contributed by atoms with Crippen molar-refractivity contribution in [1.82, 2.24) is 15.2 Å². The van der Waals surface area contributed by atoms with Crippen LogP contribution in [0, 0.1) is 0 Å². The Hall–Kier alpha value is -2.57. The van der Waals surface area contributed by atoms with E-state index in [4.69, 9.17) is 9.15 Å². The number of nitrogens with zero attached hydrogens (tertiary/aromatic N) is 2. The van der Waals surface area contributed by atoms with Gasteiger partial charge in [-0.1, -0.05) is 0 Å². The molecule has 2 saturated heterocycles. The Kier molecular flexibility index (Phi) is 4.32. The topological polar surface area (TPSA) is 84.7 Å². The molecule has 2 amide bonds. The number of carbonyl (C=O) groups excluding carboxylic acids is 2. The van der Waals surface area contributed by atoms with Crippen molar-refractivity contribution in [3.63, 3.8) is 0 Å². The van der Waals surface area contributed by atoms with Gasteiger partial charge < -0.3 is 19.4 Å². The van der Waals surface area contributed by atoms with Crippen LogP contribution in [0.25, 0.3) is 11.0 Å². The highest BCUT2D eigenvalue weighted by Crippen LogP contribution is 2.37. The van der Waals surface area contributed by atoms with Gasteiger partial charge >= 0.3 is 6.09 Å². The lowest BCUT2D eigenvalue weighted by atomic mass is 10.0. The van der Waals surface area contributed by atoms with E-state index in [0.717, 1.165) is 31.1 Å². The SMILES string of the molecule is CC(C)(C)OC(=O)N1[C@@H]2CCC[C@H]1[C@H](NC(=O)c1cc3ccoc3cn1)C2. The summed E-state index contributed by atoms with van der Waals surface area (Å²) in [7, 11) is 0. The van der Waals surface area contributed by atoms with Gasteiger partial charge in [-0.15, -0.1) is 0 Å². The molecular formula is C20H25N3O4. The van der Waals surface area contributed by atoms with E-state index in [2.05, 4.69) is 10.3 Å². The van der Waals surface area contributed by atoms with Crippen molar-refractivity contribution in [2.45, 2.75) is 70.2 Å². The minimum Gasteiger partial charge on any atom is -0.463 e. The molecule has 144 valence electrons.